The molecule has 1 unspecified atom stereocenters. The topological polar surface area (TPSA) is 102 Å². The quantitative estimate of drug-likeness (QED) is 0.657. The molecule has 1 aliphatic rings. The first-order valence-electron chi connectivity index (χ1n) is 8.67. The number of benzene rings is 1. The van der Waals surface area contributed by atoms with Gasteiger partial charge in [0.25, 0.3) is 0 Å². The third-order valence-electron chi connectivity index (χ3n) is 4.57. The maximum absolute atomic E-state index is 12.1. The lowest BCUT2D eigenvalue weighted by molar-refractivity contribution is -0.150. The van der Waals surface area contributed by atoms with Gasteiger partial charge in [0.15, 0.2) is 0 Å². The number of nitrogens with two attached hydrogens (primary N) is 1. The van der Waals surface area contributed by atoms with E-state index in [2.05, 4.69) is 5.32 Å². The summed E-state index contributed by atoms with van der Waals surface area (Å²) in [5.74, 6) is -0.768. The van der Waals surface area contributed by atoms with E-state index < -0.39 is 23.1 Å². The van der Waals surface area contributed by atoms with Crippen molar-refractivity contribution in [1.82, 2.24) is 5.32 Å². The largest absolute Gasteiger partial charge is 0.481 e. The van der Waals surface area contributed by atoms with Crippen LogP contribution < -0.4 is 11.1 Å². The molecule has 1 saturated carbocycles. The first kappa shape index (κ1) is 19.1. The van der Waals surface area contributed by atoms with Crippen molar-refractivity contribution in [3.05, 3.63) is 29.8 Å². The molecule has 0 aliphatic heterocycles. The molecule has 6 nitrogen and oxygen atoms in total. The molecule has 0 heterocycles. The highest BCUT2D eigenvalue weighted by molar-refractivity contribution is 5.77. The van der Waals surface area contributed by atoms with E-state index in [1.807, 2.05) is 24.3 Å². The molecule has 0 radical (unpaired) electrons. The van der Waals surface area contributed by atoms with Crippen LogP contribution in [0.15, 0.2) is 24.3 Å². The summed E-state index contributed by atoms with van der Waals surface area (Å²) in [7, 11) is 0. The van der Waals surface area contributed by atoms with Crippen molar-refractivity contribution >= 4 is 17.7 Å². The minimum absolute atomic E-state index is 0.0802. The smallest absolute Gasteiger partial charge is 0.407 e. The van der Waals surface area contributed by atoms with Crippen molar-refractivity contribution in [2.24, 2.45) is 11.3 Å². The van der Waals surface area contributed by atoms with Crippen LogP contribution in [0.3, 0.4) is 0 Å². The van der Waals surface area contributed by atoms with Gasteiger partial charge in [-0.1, -0.05) is 12.1 Å². The molecule has 1 atom stereocenters. The fourth-order valence-electron chi connectivity index (χ4n) is 3.03. The second kappa shape index (κ2) is 7.33. The summed E-state index contributed by atoms with van der Waals surface area (Å²) >= 11 is 0. The molecular weight excluding hydrogens is 320 g/mol. The number of aryl methyl sites for hydroxylation is 1. The number of anilines is 1. The lowest BCUT2D eigenvalue weighted by atomic mass is 9.77. The van der Waals surface area contributed by atoms with Crippen molar-refractivity contribution < 1.29 is 19.4 Å². The second-order valence-corrected chi connectivity index (χ2v) is 7.83. The molecule has 0 saturated heterocycles. The Morgan fingerprint density at radius 1 is 1.24 bits per heavy atom. The SMILES string of the molecule is CC(C)(C)OC(=O)NCC(CCc1ccc(N)cc1)(C(=O)O)C1CC1. The number of rotatable bonds is 7. The third-order valence-corrected chi connectivity index (χ3v) is 4.57. The van der Waals surface area contributed by atoms with Crippen LogP contribution in [0.2, 0.25) is 0 Å². The van der Waals surface area contributed by atoms with Gasteiger partial charge in [-0.3, -0.25) is 4.79 Å². The Bertz CT molecular complexity index is 617. The molecular formula is C19H28N2O4. The summed E-state index contributed by atoms with van der Waals surface area (Å²) in [6.07, 6.45) is 2.27. The summed E-state index contributed by atoms with van der Waals surface area (Å²) in [6.45, 7) is 5.41. The number of nitrogen functional groups attached to an aromatic ring is 1. The van der Waals surface area contributed by atoms with Gasteiger partial charge in [0.05, 0.1) is 5.41 Å². The number of carbonyl (C=O) groups excluding carboxylic acids is 1. The molecule has 1 aliphatic carbocycles. The maximum atomic E-state index is 12.1. The van der Waals surface area contributed by atoms with E-state index in [4.69, 9.17) is 10.5 Å². The highest BCUT2D eigenvalue weighted by atomic mass is 16.6. The average molecular weight is 348 g/mol. The van der Waals surface area contributed by atoms with Crippen molar-refractivity contribution in [1.29, 1.82) is 0 Å². The molecule has 0 bridgehead atoms. The Kier molecular flexibility index (Phi) is 5.60. The molecule has 2 rings (SSSR count). The predicted molar refractivity (Wildman–Crippen MR) is 96.2 cm³/mol. The molecule has 1 amide bonds. The summed E-state index contributed by atoms with van der Waals surface area (Å²) in [4.78, 5) is 24.0. The van der Waals surface area contributed by atoms with E-state index in [0.717, 1.165) is 18.4 Å². The number of ether oxygens (including phenoxy) is 1. The van der Waals surface area contributed by atoms with Gasteiger partial charge in [0.1, 0.15) is 5.60 Å². The van der Waals surface area contributed by atoms with Crippen LogP contribution >= 0.6 is 0 Å². The van der Waals surface area contributed by atoms with Crippen LogP contribution in [0.1, 0.15) is 45.6 Å². The molecule has 1 aromatic rings. The van der Waals surface area contributed by atoms with E-state index in [9.17, 15) is 14.7 Å². The summed E-state index contributed by atoms with van der Waals surface area (Å²) in [5.41, 5.74) is 5.84. The van der Waals surface area contributed by atoms with Crippen LogP contribution in [0.5, 0.6) is 0 Å². The lowest BCUT2D eigenvalue weighted by Gasteiger charge is -2.30. The van der Waals surface area contributed by atoms with Gasteiger partial charge in [-0.15, -0.1) is 0 Å². The molecule has 1 aromatic carbocycles. The summed E-state index contributed by atoms with van der Waals surface area (Å²) in [6, 6.07) is 7.45. The summed E-state index contributed by atoms with van der Waals surface area (Å²) in [5, 5.41) is 12.6. The first-order chi connectivity index (χ1) is 11.6. The number of amides is 1. The fourth-order valence-corrected chi connectivity index (χ4v) is 3.03. The Balaban J connectivity index is 2.05. The van der Waals surface area contributed by atoms with Gasteiger partial charge in [0.2, 0.25) is 0 Å². The van der Waals surface area contributed by atoms with Crippen LogP contribution in [-0.4, -0.2) is 29.3 Å². The van der Waals surface area contributed by atoms with Crippen LogP contribution in [0.4, 0.5) is 10.5 Å². The molecule has 4 N–H and O–H groups in total. The van der Waals surface area contributed by atoms with E-state index >= 15 is 0 Å². The monoisotopic (exact) mass is 348 g/mol. The van der Waals surface area contributed by atoms with Gasteiger partial charge < -0.3 is 20.9 Å². The minimum Gasteiger partial charge on any atom is -0.481 e. The Hall–Kier alpha value is -2.24. The minimum atomic E-state index is -0.960. The molecule has 0 aromatic heterocycles. The summed E-state index contributed by atoms with van der Waals surface area (Å²) < 4.78 is 5.23. The van der Waals surface area contributed by atoms with Gasteiger partial charge in [-0.05, 0) is 70.1 Å². The van der Waals surface area contributed by atoms with Crippen LogP contribution in [-0.2, 0) is 16.0 Å². The highest BCUT2D eigenvalue weighted by Crippen LogP contribution is 2.48. The van der Waals surface area contributed by atoms with Crippen LogP contribution in [0, 0.1) is 11.3 Å². The zero-order chi connectivity index (χ0) is 18.7. The van der Waals surface area contributed by atoms with Crippen molar-refractivity contribution in [3.8, 4) is 0 Å². The number of carboxylic acids is 1. The zero-order valence-electron chi connectivity index (χ0n) is 15.2. The number of carboxylic acid groups (broad SMARTS) is 1. The molecule has 1 fully saturated rings. The van der Waals surface area contributed by atoms with Gasteiger partial charge in [-0.2, -0.15) is 0 Å². The fraction of sp³-hybridized carbons (Fsp3) is 0.579. The normalized spacial score (nSPS) is 16.8. The maximum Gasteiger partial charge on any atom is 0.407 e. The van der Waals surface area contributed by atoms with Crippen LogP contribution in [0.25, 0.3) is 0 Å². The molecule has 138 valence electrons. The Labute approximate surface area is 148 Å². The third kappa shape index (κ3) is 5.37. The van der Waals surface area contributed by atoms with Crippen molar-refractivity contribution in [3.63, 3.8) is 0 Å². The number of alkyl carbamates (subject to hydrolysis) is 1. The highest BCUT2D eigenvalue weighted by Gasteiger charge is 2.51. The molecule has 25 heavy (non-hydrogen) atoms. The molecule has 0 spiro atoms. The number of aliphatic carboxylic acids is 1. The second-order valence-electron chi connectivity index (χ2n) is 7.83. The Morgan fingerprint density at radius 3 is 2.32 bits per heavy atom. The van der Waals surface area contributed by atoms with E-state index in [0.29, 0.717) is 18.5 Å². The van der Waals surface area contributed by atoms with E-state index in [1.165, 1.54) is 0 Å². The van der Waals surface area contributed by atoms with E-state index in [-0.39, 0.29) is 12.5 Å². The van der Waals surface area contributed by atoms with Gasteiger partial charge in [0, 0.05) is 12.2 Å². The van der Waals surface area contributed by atoms with E-state index in [1.54, 1.807) is 20.8 Å². The first-order valence-corrected chi connectivity index (χ1v) is 8.67. The zero-order valence-corrected chi connectivity index (χ0v) is 15.2. The van der Waals surface area contributed by atoms with Crippen molar-refractivity contribution in [2.45, 2.75) is 52.1 Å². The predicted octanol–water partition coefficient (Wildman–Crippen LogP) is 3.21. The average Bonchev–Trinajstić information content (AvgIpc) is 3.32. The number of carbonyl (C=O) groups is 2. The standard InChI is InChI=1S/C19H28N2O4/c1-18(2,3)25-17(24)21-12-19(16(22)23,14-6-7-14)11-10-13-4-8-15(20)9-5-13/h4-5,8-9,14H,6-7,10-12,20H2,1-3H3,(H,21,24)(H,22,23). The molecule has 6 heteroatoms. The van der Waals surface area contributed by atoms with Crippen molar-refractivity contribution in [2.75, 3.05) is 12.3 Å². The number of hydrogen-bond acceptors (Lipinski definition) is 4. The lowest BCUT2D eigenvalue weighted by Crippen LogP contribution is -2.46. The number of nitrogens with one attached hydrogen (secondary N) is 1. The number of hydrogen-bond donors (Lipinski definition) is 3. The van der Waals surface area contributed by atoms with Gasteiger partial charge >= 0.3 is 12.1 Å². The van der Waals surface area contributed by atoms with Gasteiger partial charge in [-0.25, -0.2) is 4.79 Å². The Morgan fingerprint density at radius 2 is 1.84 bits per heavy atom.